The standard InChI is InChI=1S/C18H26N2O5S/c1-19(11-6-10-17(21)22)18(23)16-9-5-12-20(13-16)26(24,25)14-15-7-3-2-4-8-15/h2-4,7-8,16H,5-6,9-14H2,1H3,(H,21,22). The van der Waals surface area contributed by atoms with E-state index in [0.29, 0.717) is 32.4 Å². The Hall–Kier alpha value is -1.93. The number of carbonyl (C=O) groups is 2. The van der Waals surface area contributed by atoms with Gasteiger partial charge in [0.2, 0.25) is 15.9 Å². The Bertz CT molecular complexity index is 720. The Morgan fingerprint density at radius 3 is 2.62 bits per heavy atom. The highest BCUT2D eigenvalue weighted by Gasteiger charge is 2.33. The third kappa shape index (κ3) is 5.81. The van der Waals surface area contributed by atoms with Gasteiger partial charge in [-0.05, 0) is 24.8 Å². The van der Waals surface area contributed by atoms with Crippen LogP contribution in [0.2, 0.25) is 0 Å². The molecule has 1 aromatic carbocycles. The summed E-state index contributed by atoms with van der Waals surface area (Å²) in [5.41, 5.74) is 0.728. The van der Waals surface area contributed by atoms with Crippen molar-refractivity contribution in [3.63, 3.8) is 0 Å². The SMILES string of the molecule is CN(CCCC(=O)O)C(=O)C1CCCN(S(=O)(=O)Cc2ccccc2)C1. The molecule has 144 valence electrons. The van der Waals surface area contributed by atoms with E-state index in [1.807, 2.05) is 6.07 Å². The zero-order valence-corrected chi connectivity index (χ0v) is 15.8. The quantitative estimate of drug-likeness (QED) is 0.736. The third-order valence-corrected chi connectivity index (χ3v) is 6.40. The van der Waals surface area contributed by atoms with E-state index < -0.39 is 16.0 Å². The Morgan fingerprint density at radius 1 is 1.27 bits per heavy atom. The van der Waals surface area contributed by atoms with Crippen molar-refractivity contribution >= 4 is 21.9 Å². The van der Waals surface area contributed by atoms with Crippen LogP contribution >= 0.6 is 0 Å². The van der Waals surface area contributed by atoms with Gasteiger partial charge in [-0.2, -0.15) is 0 Å². The predicted octanol–water partition coefficient (Wildman–Crippen LogP) is 1.55. The molecule has 8 heteroatoms. The van der Waals surface area contributed by atoms with Gasteiger partial charge in [0.15, 0.2) is 0 Å². The van der Waals surface area contributed by atoms with Gasteiger partial charge >= 0.3 is 5.97 Å². The van der Waals surface area contributed by atoms with Crippen LogP contribution in [0.1, 0.15) is 31.2 Å². The van der Waals surface area contributed by atoms with Gasteiger partial charge in [0.25, 0.3) is 0 Å². The van der Waals surface area contributed by atoms with Crippen LogP contribution in [0.25, 0.3) is 0 Å². The lowest BCUT2D eigenvalue weighted by molar-refractivity contribution is -0.139. The maximum atomic E-state index is 12.7. The molecule has 0 bridgehead atoms. The number of hydrogen-bond acceptors (Lipinski definition) is 4. The molecule has 0 aromatic heterocycles. The normalized spacial score (nSPS) is 18.4. The summed E-state index contributed by atoms with van der Waals surface area (Å²) in [5.74, 6) is -1.44. The van der Waals surface area contributed by atoms with Crippen molar-refractivity contribution in [2.75, 3.05) is 26.7 Å². The van der Waals surface area contributed by atoms with Crippen LogP contribution in [-0.4, -0.2) is 61.3 Å². The molecule has 1 heterocycles. The summed E-state index contributed by atoms with van der Waals surface area (Å²) in [5, 5.41) is 8.68. The maximum Gasteiger partial charge on any atom is 0.303 e. The van der Waals surface area contributed by atoms with E-state index in [2.05, 4.69) is 0 Å². The molecule has 1 amide bonds. The van der Waals surface area contributed by atoms with Crippen molar-refractivity contribution in [2.24, 2.45) is 5.92 Å². The van der Waals surface area contributed by atoms with Crippen molar-refractivity contribution in [3.8, 4) is 0 Å². The average Bonchev–Trinajstić information content (AvgIpc) is 2.61. The summed E-state index contributed by atoms with van der Waals surface area (Å²) in [4.78, 5) is 24.7. The number of hydrogen-bond donors (Lipinski definition) is 1. The highest BCUT2D eigenvalue weighted by Crippen LogP contribution is 2.23. The number of benzene rings is 1. The lowest BCUT2D eigenvalue weighted by atomic mass is 9.98. The Balaban J connectivity index is 1.95. The summed E-state index contributed by atoms with van der Waals surface area (Å²) < 4.78 is 26.8. The molecule has 26 heavy (non-hydrogen) atoms. The molecule has 1 N–H and O–H groups in total. The van der Waals surface area contributed by atoms with E-state index in [0.717, 1.165) is 5.56 Å². The molecule has 0 saturated carbocycles. The molecule has 0 spiro atoms. The zero-order valence-electron chi connectivity index (χ0n) is 15.0. The van der Waals surface area contributed by atoms with Crippen LogP contribution < -0.4 is 0 Å². The summed E-state index contributed by atoms with van der Waals surface area (Å²) >= 11 is 0. The molecule has 1 aliphatic heterocycles. The van der Waals surface area contributed by atoms with E-state index in [4.69, 9.17) is 5.11 Å². The molecule has 1 fully saturated rings. The van der Waals surface area contributed by atoms with Crippen molar-refractivity contribution in [1.82, 2.24) is 9.21 Å². The molecular formula is C18H26N2O5S. The smallest absolute Gasteiger partial charge is 0.303 e. The second-order valence-electron chi connectivity index (χ2n) is 6.70. The van der Waals surface area contributed by atoms with Crippen LogP contribution in [0.3, 0.4) is 0 Å². The molecule has 0 radical (unpaired) electrons. The number of carboxylic acid groups (broad SMARTS) is 1. The number of amides is 1. The van der Waals surface area contributed by atoms with E-state index in [9.17, 15) is 18.0 Å². The van der Waals surface area contributed by atoms with Crippen LogP contribution in [0.5, 0.6) is 0 Å². The number of sulfonamides is 1. The minimum absolute atomic E-state index is 0.0138. The van der Waals surface area contributed by atoms with Gasteiger partial charge in [0, 0.05) is 33.1 Å². The van der Waals surface area contributed by atoms with Gasteiger partial charge in [0.05, 0.1) is 11.7 Å². The first-order valence-electron chi connectivity index (χ1n) is 8.78. The third-order valence-electron chi connectivity index (χ3n) is 4.58. The first-order valence-corrected chi connectivity index (χ1v) is 10.4. The van der Waals surface area contributed by atoms with Gasteiger partial charge in [0.1, 0.15) is 0 Å². The number of carbonyl (C=O) groups excluding carboxylic acids is 1. The fraction of sp³-hybridized carbons (Fsp3) is 0.556. The monoisotopic (exact) mass is 382 g/mol. The van der Waals surface area contributed by atoms with Crippen molar-refractivity contribution in [1.29, 1.82) is 0 Å². The number of nitrogens with zero attached hydrogens (tertiary/aromatic N) is 2. The molecule has 1 saturated heterocycles. The van der Waals surface area contributed by atoms with Crippen LogP contribution in [0.4, 0.5) is 0 Å². The lowest BCUT2D eigenvalue weighted by Crippen LogP contribution is -2.46. The van der Waals surface area contributed by atoms with Gasteiger partial charge in [-0.3, -0.25) is 9.59 Å². The number of piperidine rings is 1. The molecule has 1 atom stereocenters. The molecule has 7 nitrogen and oxygen atoms in total. The fourth-order valence-corrected chi connectivity index (χ4v) is 4.77. The van der Waals surface area contributed by atoms with E-state index >= 15 is 0 Å². The number of carboxylic acids is 1. The van der Waals surface area contributed by atoms with Gasteiger partial charge in [-0.15, -0.1) is 0 Å². The van der Waals surface area contributed by atoms with Crippen LogP contribution in [0.15, 0.2) is 30.3 Å². The van der Waals surface area contributed by atoms with Crippen LogP contribution in [-0.2, 0) is 25.4 Å². The van der Waals surface area contributed by atoms with Crippen molar-refractivity contribution in [2.45, 2.75) is 31.4 Å². The van der Waals surface area contributed by atoms with E-state index in [1.54, 1.807) is 31.3 Å². The van der Waals surface area contributed by atoms with E-state index in [1.165, 1.54) is 9.21 Å². The Kier molecular flexibility index (Phi) is 7.16. The minimum atomic E-state index is -3.47. The topological polar surface area (TPSA) is 95.0 Å². The summed E-state index contributed by atoms with van der Waals surface area (Å²) in [6.07, 6.45) is 1.70. The largest absolute Gasteiger partial charge is 0.481 e. The minimum Gasteiger partial charge on any atom is -0.481 e. The summed E-state index contributed by atoms with van der Waals surface area (Å²) in [7, 11) is -1.83. The van der Waals surface area contributed by atoms with Crippen molar-refractivity contribution in [3.05, 3.63) is 35.9 Å². The van der Waals surface area contributed by atoms with E-state index in [-0.39, 0.29) is 30.5 Å². The number of rotatable bonds is 8. The average molecular weight is 382 g/mol. The fourth-order valence-electron chi connectivity index (χ4n) is 3.16. The van der Waals surface area contributed by atoms with Gasteiger partial charge in [-0.25, -0.2) is 12.7 Å². The first kappa shape index (κ1) is 20.4. The van der Waals surface area contributed by atoms with Gasteiger partial charge in [-0.1, -0.05) is 30.3 Å². The van der Waals surface area contributed by atoms with Crippen molar-refractivity contribution < 1.29 is 23.1 Å². The maximum absolute atomic E-state index is 12.7. The molecule has 1 aromatic rings. The second-order valence-corrected chi connectivity index (χ2v) is 8.66. The molecule has 2 rings (SSSR count). The predicted molar refractivity (Wildman–Crippen MR) is 97.9 cm³/mol. The number of aliphatic carboxylic acids is 1. The summed E-state index contributed by atoms with van der Waals surface area (Å²) in [6.45, 7) is 0.983. The molecule has 0 aliphatic carbocycles. The molecule has 1 aliphatic rings. The second kappa shape index (κ2) is 9.14. The summed E-state index contributed by atoms with van der Waals surface area (Å²) in [6, 6.07) is 9.01. The lowest BCUT2D eigenvalue weighted by Gasteiger charge is -2.33. The van der Waals surface area contributed by atoms with Gasteiger partial charge < -0.3 is 10.0 Å². The first-order chi connectivity index (χ1) is 12.3. The Labute approximate surface area is 154 Å². The van der Waals surface area contributed by atoms with Crippen LogP contribution in [0, 0.1) is 5.92 Å². The molecular weight excluding hydrogens is 356 g/mol. The zero-order chi connectivity index (χ0) is 19.2. The molecule has 1 unspecified atom stereocenters. The Morgan fingerprint density at radius 2 is 1.96 bits per heavy atom. The highest BCUT2D eigenvalue weighted by atomic mass is 32.2. The highest BCUT2D eigenvalue weighted by molar-refractivity contribution is 7.88.